The molecule has 2 heterocycles. The Morgan fingerprint density at radius 2 is 1.87 bits per heavy atom. The maximum Gasteiger partial charge on any atom is 0.309 e. The molecule has 5 nitrogen and oxygen atoms in total. The molecule has 2 aromatic heterocycles. The number of methoxy groups -OCH3 is 1. The lowest BCUT2D eigenvalue weighted by atomic mass is 10.1. The van der Waals surface area contributed by atoms with Gasteiger partial charge in [0.05, 0.1) is 31.0 Å². The summed E-state index contributed by atoms with van der Waals surface area (Å²) in [7, 11) is 1.62. The zero-order chi connectivity index (χ0) is 21.8. The van der Waals surface area contributed by atoms with Gasteiger partial charge in [-0.1, -0.05) is 42.0 Å². The molecule has 3 aromatic rings. The second-order valence-corrected chi connectivity index (χ2v) is 7.74. The van der Waals surface area contributed by atoms with Gasteiger partial charge in [-0.05, 0) is 49.6 Å². The molecule has 0 spiro atoms. The molecule has 158 valence electrons. The Morgan fingerprint density at radius 3 is 2.61 bits per heavy atom. The van der Waals surface area contributed by atoms with Crippen molar-refractivity contribution in [2.75, 3.05) is 13.7 Å². The summed E-state index contributed by atoms with van der Waals surface area (Å²) in [6.07, 6.45) is 8.49. The van der Waals surface area contributed by atoms with Crippen LogP contribution in [0, 0.1) is 12.8 Å². The zero-order valence-corrected chi connectivity index (χ0v) is 18.0. The van der Waals surface area contributed by atoms with Crippen LogP contribution in [0.15, 0.2) is 54.9 Å². The fraction of sp³-hybridized carbons (Fsp3) is 0.269. The van der Waals surface area contributed by atoms with Gasteiger partial charge in [0.1, 0.15) is 5.75 Å². The number of carbonyl (C=O) groups excluding carboxylic acids is 1. The van der Waals surface area contributed by atoms with Crippen molar-refractivity contribution in [1.29, 1.82) is 0 Å². The molecule has 1 aliphatic rings. The van der Waals surface area contributed by atoms with Crippen molar-refractivity contribution in [1.82, 2.24) is 9.97 Å². The van der Waals surface area contributed by atoms with Gasteiger partial charge in [-0.15, -0.1) is 0 Å². The smallest absolute Gasteiger partial charge is 0.309 e. The Hall–Kier alpha value is -3.47. The van der Waals surface area contributed by atoms with Crippen LogP contribution in [0.25, 0.3) is 23.4 Å². The molecule has 5 heteroatoms. The van der Waals surface area contributed by atoms with Crippen molar-refractivity contribution in [2.45, 2.75) is 26.2 Å². The minimum absolute atomic E-state index is 0.0338. The Labute approximate surface area is 182 Å². The van der Waals surface area contributed by atoms with Gasteiger partial charge in [-0.2, -0.15) is 0 Å². The topological polar surface area (TPSA) is 61.3 Å². The molecule has 0 N–H and O–H groups in total. The maximum absolute atomic E-state index is 12.1. The molecular formula is C26H26N2O3. The fourth-order valence-corrected chi connectivity index (χ4v) is 3.63. The number of ether oxygens (including phenoxy) is 2. The lowest BCUT2D eigenvalue weighted by molar-refractivity contribution is -0.144. The Morgan fingerprint density at radius 1 is 1.10 bits per heavy atom. The van der Waals surface area contributed by atoms with Crippen molar-refractivity contribution in [3.8, 4) is 17.0 Å². The van der Waals surface area contributed by atoms with Crippen LogP contribution in [-0.2, 0) is 9.53 Å². The number of rotatable bonds is 7. The highest BCUT2D eigenvalue weighted by Gasteiger charge is 2.47. The molecule has 31 heavy (non-hydrogen) atoms. The number of hydrogen-bond donors (Lipinski definition) is 0. The van der Waals surface area contributed by atoms with E-state index >= 15 is 0 Å². The van der Waals surface area contributed by atoms with E-state index in [1.165, 1.54) is 5.56 Å². The molecule has 0 amide bonds. The lowest BCUT2D eigenvalue weighted by Crippen LogP contribution is -2.08. The molecule has 0 bridgehead atoms. The molecule has 1 aliphatic carbocycles. The van der Waals surface area contributed by atoms with E-state index in [0.717, 1.165) is 34.5 Å². The molecule has 0 unspecified atom stereocenters. The predicted molar refractivity (Wildman–Crippen MR) is 122 cm³/mol. The van der Waals surface area contributed by atoms with Gasteiger partial charge in [0.2, 0.25) is 0 Å². The minimum Gasteiger partial charge on any atom is -0.495 e. The van der Waals surface area contributed by atoms with E-state index in [-0.39, 0.29) is 17.8 Å². The number of benzene rings is 1. The van der Waals surface area contributed by atoms with Crippen molar-refractivity contribution >= 4 is 18.1 Å². The minimum atomic E-state index is -0.160. The summed E-state index contributed by atoms with van der Waals surface area (Å²) < 4.78 is 10.7. The first-order chi connectivity index (χ1) is 15.1. The van der Waals surface area contributed by atoms with E-state index in [2.05, 4.69) is 48.3 Å². The van der Waals surface area contributed by atoms with Crippen LogP contribution in [0.1, 0.15) is 41.6 Å². The van der Waals surface area contributed by atoms with Gasteiger partial charge in [0.25, 0.3) is 0 Å². The first-order valence-corrected chi connectivity index (χ1v) is 10.5. The summed E-state index contributed by atoms with van der Waals surface area (Å²) in [6, 6.07) is 14.3. The summed E-state index contributed by atoms with van der Waals surface area (Å²) in [5, 5.41) is 0. The van der Waals surface area contributed by atoms with Gasteiger partial charge < -0.3 is 9.47 Å². The fourth-order valence-electron chi connectivity index (χ4n) is 3.63. The third kappa shape index (κ3) is 4.82. The van der Waals surface area contributed by atoms with Gasteiger partial charge >= 0.3 is 5.97 Å². The third-order valence-electron chi connectivity index (χ3n) is 5.44. The van der Waals surface area contributed by atoms with Crippen LogP contribution >= 0.6 is 0 Å². The summed E-state index contributed by atoms with van der Waals surface area (Å²) in [4.78, 5) is 21.3. The number of aryl methyl sites for hydroxylation is 1. The average molecular weight is 415 g/mol. The van der Waals surface area contributed by atoms with E-state index < -0.39 is 0 Å². The number of hydrogen-bond acceptors (Lipinski definition) is 5. The van der Waals surface area contributed by atoms with E-state index in [0.29, 0.717) is 12.4 Å². The van der Waals surface area contributed by atoms with E-state index in [1.54, 1.807) is 13.3 Å². The highest BCUT2D eigenvalue weighted by atomic mass is 16.5. The van der Waals surface area contributed by atoms with Crippen LogP contribution in [0.3, 0.4) is 0 Å². The van der Waals surface area contributed by atoms with Gasteiger partial charge in [0, 0.05) is 23.9 Å². The maximum atomic E-state index is 12.1. The average Bonchev–Trinajstić information content (AvgIpc) is 3.60. The first-order valence-electron chi connectivity index (χ1n) is 10.5. The van der Waals surface area contributed by atoms with Crippen LogP contribution in [0.5, 0.6) is 5.75 Å². The Kier molecular flexibility index (Phi) is 6.12. The number of pyridine rings is 2. The predicted octanol–water partition coefficient (Wildman–Crippen LogP) is 5.30. The van der Waals surface area contributed by atoms with Gasteiger partial charge in [-0.3, -0.25) is 9.78 Å². The van der Waals surface area contributed by atoms with Crippen molar-refractivity contribution in [3.63, 3.8) is 0 Å². The molecular weight excluding hydrogens is 388 g/mol. The number of esters is 1. The molecule has 4 rings (SSSR count). The highest BCUT2D eigenvalue weighted by Crippen LogP contribution is 2.50. The van der Waals surface area contributed by atoms with Crippen LogP contribution in [0.2, 0.25) is 0 Å². The van der Waals surface area contributed by atoms with Gasteiger partial charge in [-0.25, -0.2) is 4.98 Å². The van der Waals surface area contributed by atoms with E-state index in [4.69, 9.17) is 14.5 Å². The molecule has 2 atom stereocenters. The van der Waals surface area contributed by atoms with E-state index in [1.807, 2.05) is 31.3 Å². The second-order valence-electron chi connectivity index (χ2n) is 7.74. The summed E-state index contributed by atoms with van der Waals surface area (Å²) in [5.74, 6) is 0.431. The summed E-state index contributed by atoms with van der Waals surface area (Å²) in [5.41, 5.74) is 5.90. The highest BCUT2D eigenvalue weighted by molar-refractivity contribution is 5.78. The molecule has 1 aromatic carbocycles. The largest absolute Gasteiger partial charge is 0.495 e. The monoisotopic (exact) mass is 414 g/mol. The SMILES string of the molecule is CCOC(=O)[C@H]1C[C@@H]1c1nc(-c2cncc(/C=C\c3ccc(C)cc3)c2)ccc1OC. The quantitative estimate of drug-likeness (QED) is 0.491. The number of aromatic nitrogens is 2. The Bertz CT molecular complexity index is 1110. The van der Waals surface area contributed by atoms with E-state index in [9.17, 15) is 4.79 Å². The number of carbonyl (C=O) groups is 1. The molecule has 0 aliphatic heterocycles. The summed E-state index contributed by atoms with van der Waals surface area (Å²) in [6.45, 7) is 4.29. The second kappa shape index (κ2) is 9.13. The normalized spacial score (nSPS) is 17.5. The van der Waals surface area contributed by atoms with Crippen molar-refractivity contribution in [3.05, 3.63) is 77.2 Å². The Balaban J connectivity index is 1.58. The third-order valence-corrected chi connectivity index (χ3v) is 5.44. The summed E-state index contributed by atoms with van der Waals surface area (Å²) >= 11 is 0. The lowest BCUT2D eigenvalue weighted by Gasteiger charge is -2.10. The van der Waals surface area contributed by atoms with Gasteiger partial charge in [0.15, 0.2) is 0 Å². The standard InChI is InChI=1S/C26H26N2O3/c1-4-31-26(29)22-14-21(22)25-24(30-3)12-11-23(28-25)20-13-19(15-27-16-20)10-9-18-7-5-17(2)6-8-18/h5-13,15-16,21-22H,4,14H2,1-3H3/b10-9-/t21-,22-/m0/s1. The number of nitrogens with zero attached hydrogens (tertiary/aromatic N) is 2. The van der Waals surface area contributed by atoms with Crippen LogP contribution in [0.4, 0.5) is 0 Å². The molecule has 0 saturated heterocycles. The van der Waals surface area contributed by atoms with Crippen LogP contribution in [-0.4, -0.2) is 29.7 Å². The molecule has 1 fully saturated rings. The molecule has 1 saturated carbocycles. The molecule has 0 radical (unpaired) electrons. The first kappa shape index (κ1) is 20.8. The zero-order valence-electron chi connectivity index (χ0n) is 18.0. The van der Waals surface area contributed by atoms with Crippen molar-refractivity contribution in [2.24, 2.45) is 5.92 Å². The van der Waals surface area contributed by atoms with Crippen LogP contribution < -0.4 is 4.74 Å². The van der Waals surface area contributed by atoms with Crippen molar-refractivity contribution < 1.29 is 14.3 Å².